The second-order valence-corrected chi connectivity index (χ2v) is 10.6. The molecule has 2 aromatic heterocycles. The van der Waals surface area contributed by atoms with Crippen molar-refractivity contribution in [2.24, 2.45) is 0 Å². The van der Waals surface area contributed by atoms with Crippen LogP contribution in [0.5, 0.6) is 11.5 Å². The van der Waals surface area contributed by atoms with Crippen LogP contribution in [0.2, 0.25) is 0 Å². The Hall–Kier alpha value is -5.22. The lowest BCUT2D eigenvalue weighted by molar-refractivity contribution is -0.959. The van der Waals surface area contributed by atoms with Crippen LogP contribution >= 0.6 is 0 Å². The largest absolute Gasteiger partial charge is 0.456 e. The van der Waals surface area contributed by atoms with Gasteiger partial charge in [-0.15, -0.1) is 4.57 Å². The first-order valence-electron chi connectivity index (χ1n) is 13.4. The molecule has 1 atom stereocenters. The molecule has 0 saturated heterocycles. The van der Waals surface area contributed by atoms with Crippen molar-refractivity contribution in [1.82, 2.24) is 0 Å². The van der Waals surface area contributed by atoms with Crippen LogP contribution in [0, 0.1) is 0 Å². The third kappa shape index (κ3) is 2.09. The molecule has 0 bridgehead atoms. The van der Waals surface area contributed by atoms with Crippen LogP contribution in [0.1, 0.15) is 11.1 Å². The van der Waals surface area contributed by atoms with Gasteiger partial charge in [-0.2, -0.15) is 9.47 Å². The molecule has 0 aliphatic carbocycles. The number of nitrogens with zero attached hydrogens (tertiary/aromatic N) is 3. The minimum Gasteiger partial charge on any atom is -0.456 e. The number of hydrogen-bond acceptors (Lipinski definition) is 2. The van der Waals surface area contributed by atoms with E-state index in [1.165, 1.54) is 44.8 Å². The minimum absolute atomic E-state index is 0.622. The summed E-state index contributed by atoms with van der Waals surface area (Å²) in [6, 6.07) is 41.5. The predicted octanol–water partition coefficient (Wildman–Crippen LogP) is 7.08. The van der Waals surface area contributed by atoms with Crippen molar-refractivity contribution in [3.8, 4) is 45.0 Å². The molecule has 180 valence electrons. The fraction of sp³-hybridized carbons (Fsp3) is 0.0286. The van der Waals surface area contributed by atoms with Gasteiger partial charge >= 0.3 is 11.5 Å². The van der Waals surface area contributed by atoms with Crippen LogP contribution in [0.3, 0.4) is 0 Å². The zero-order chi connectivity index (χ0) is 25.3. The van der Waals surface area contributed by atoms with Crippen LogP contribution in [0.4, 0.5) is 17.2 Å². The number of para-hydroxylation sites is 1. The maximum atomic E-state index is 6.73. The molecule has 1 unspecified atom stereocenters. The van der Waals surface area contributed by atoms with Gasteiger partial charge in [0.05, 0.1) is 17.3 Å². The summed E-state index contributed by atoms with van der Waals surface area (Å²) in [5.74, 6) is 2.96. The number of aromatic nitrogens is 2. The van der Waals surface area contributed by atoms with Crippen molar-refractivity contribution in [1.29, 1.82) is 0 Å². The van der Waals surface area contributed by atoms with E-state index in [1.807, 2.05) is 0 Å². The summed E-state index contributed by atoms with van der Waals surface area (Å²) < 4.78 is 11.7. The number of rotatable bonds is 0. The van der Waals surface area contributed by atoms with Crippen molar-refractivity contribution in [2.75, 3.05) is 4.90 Å². The van der Waals surface area contributed by atoms with Gasteiger partial charge in [-0.05, 0) is 59.7 Å². The summed E-state index contributed by atoms with van der Waals surface area (Å²) in [4.78, 5) is 2.45. The number of benzene rings is 4. The quantitative estimate of drug-likeness (QED) is 0.208. The summed E-state index contributed by atoms with van der Waals surface area (Å²) in [5, 5.41) is 0. The number of pyridine rings is 2. The van der Waals surface area contributed by atoms with E-state index in [-0.39, 0.29) is 0 Å². The molecule has 0 amide bonds. The van der Waals surface area contributed by atoms with Gasteiger partial charge in [0.25, 0.3) is 0 Å². The minimum atomic E-state index is -0.622. The fourth-order valence-electron chi connectivity index (χ4n) is 7.52. The molecule has 0 radical (unpaired) electrons. The van der Waals surface area contributed by atoms with Gasteiger partial charge in [-0.25, -0.2) is 0 Å². The second-order valence-electron chi connectivity index (χ2n) is 10.6. The van der Waals surface area contributed by atoms with Gasteiger partial charge in [-0.3, -0.25) is 0 Å². The Morgan fingerprint density at radius 3 is 2.03 bits per heavy atom. The molecule has 1 spiro atoms. The average Bonchev–Trinajstić information content (AvgIpc) is 3.22. The van der Waals surface area contributed by atoms with Crippen LogP contribution in [0.25, 0.3) is 33.5 Å². The van der Waals surface area contributed by atoms with Gasteiger partial charge in [0.1, 0.15) is 22.7 Å². The highest BCUT2D eigenvalue weighted by molar-refractivity contribution is 6.01. The summed E-state index contributed by atoms with van der Waals surface area (Å²) in [6.45, 7) is 0. The van der Waals surface area contributed by atoms with Crippen molar-refractivity contribution in [2.45, 2.75) is 5.66 Å². The first-order valence-corrected chi connectivity index (χ1v) is 13.4. The number of fused-ring (bicyclic) bond motifs is 8. The topological polar surface area (TPSA) is 20.2 Å². The maximum Gasteiger partial charge on any atom is 0.374 e. The Labute approximate surface area is 225 Å². The highest BCUT2D eigenvalue weighted by atomic mass is 16.5. The van der Waals surface area contributed by atoms with Crippen LogP contribution in [-0.2, 0) is 5.66 Å². The monoisotopic (exact) mass is 499 g/mol. The number of ether oxygens (including phenoxy) is 1. The molecule has 4 aliphatic heterocycles. The van der Waals surface area contributed by atoms with E-state index in [1.54, 1.807) is 0 Å². The zero-order valence-electron chi connectivity index (χ0n) is 20.9. The Balaban J connectivity index is 1.48. The average molecular weight is 500 g/mol. The van der Waals surface area contributed by atoms with Gasteiger partial charge in [0, 0.05) is 17.7 Å². The summed E-state index contributed by atoms with van der Waals surface area (Å²) >= 11 is 0. The van der Waals surface area contributed by atoms with E-state index in [0.717, 1.165) is 28.6 Å². The van der Waals surface area contributed by atoms with Crippen LogP contribution in [-0.4, -0.2) is 0 Å². The van der Waals surface area contributed by atoms with E-state index >= 15 is 0 Å². The summed E-state index contributed by atoms with van der Waals surface area (Å²) in [7, 11) is 0. The molecular formula is C35H21N3O+2. The first-order chi connectivity index (χ1) is 19.4. The lowest BCUT2D eigenvalue weighted by Gasteiger charge is -2.38. The number of hydrogen-bond donors (Lipinski definition) is 0. The van der Waals surface area contributed by atoms with Crippen molar-refractivity contribution in [3.05, 3.63) is 139 Å². The third-order valence-electron chi connectivity index (χ3n) is 8.85. The van der Waals surface area contributed by atoms with Gasteiger partial charge in [0.15, 0.2) is 17.4 Å². The lowest BCUT2D eigenvalue weighted by atomic mass is 9.83. The standard InChI is InChI=1S/C35H21N3O/c1-2-11-23-22(10-1)24-12-3-4-16-28(24)38-29-17-8-19-31-33(29)35(37-21-9-14-25(23)34(37)38)32-26(13-7-18-30(32)39-31)27-15-5-6-20-36(27)35/h1-21H/q+2. The third-order valence-corrected chi connectivity index (χ3v) is 8.85. The van der Waals surface area contributed by atoms with Crippen molar-refractivity contribution in [3.63, 3.8) is 0 Å². The molecule has 4 heteroatoms. The van der Waals surface area contributed by atoms with Crippen molar-refractivity contribution < 1.29 is 13.9 Å². The predicted molar refractivity (Wildman–Crippen MR) is 149 cm³/mol. The van der Waals surface area contributed by atoms with Crippen molar-refractivity contribution >= 4 is 17.2 Å². The molecule has 0 N–H and O–H groups in total. The smallest absolute Gasteiger partial charge is 0.374 e. The Kier molecular flexibility index (Phi) is 3.36. The molecule has 4 nitrogen and oxygen atoms in total. The van der Waals surface area contributed by atoms with Gasteiger partial charge in [-0.1, -0.05) is 54.6 Å². The molecule has 0 fully saturated rings. The van der Waals surface area contributed by atoms with E-state index in [0.29, 0.717) is 0 Å². The number of anilines is 3. The van der Waals surface area contributed by atoms with Gasteiger partial charge < -0.3 is 4.74 Å². The van der Waals surface area contributed by atoms with Crippen LogP contribution in [0.15, 0.2) is 128 Å². The first kappa shape index (κ1) is 19.8. The lowest BCUT2D eigenvalue weighted by Crippen LogP contribution is -2.76. The Morgan fingerprint density at radius 1 is 0.487 bits per heavy atom. The zero-order valence-corrected chi connectivity index (χ0v) is 20.9. The van der Waals surface area contributed by atoms with E-state index in [4.69, 9.17) is 4.74 Å². The summed E-state index contributed by atoms with van der Waals surface area (Å²) in [6.07, 6.45) is 4.48. The Bertz CT molecular complexity index is 2080. The summed E-state index contributed by atoms with van der Waals surface area (Å²) in [5.41, 5.74) is 11.4. The molecule has 39 heavy (non-hydrogen) atoms. The molecule has 4 aliphatic rings. The van der Waals surface area contributed by atoms with Crippen LogP contribution < -0.4 is 18.8 Å². The fourth-order valence-corrected chi connectivity index (χ4v) is 7.52. The highest BCUT2D eigenvalue weighted by Crippen LogP contribution is 2.60. The molecule has 0 saturated carbocycles. The Morgan fingerprint density at radius 2 is 1.13 bits per heavy atom. The van der Waals surface area contributed by atoms with E-state index in [2.05, 4.69) is 142 Å². The maximum absolute atomic E-state index is 6.73. The normalized spacial score (nSPS) is 17.5. The van der Waals surface area contributed by atoms with E-state index in [9.17, 15) is 0 Å². The highest BCUT2D eigenvalue weighted by Gasteiger charge is 2.68. The SMILES string of the molecule is c1ccc2c(c1)-c1ccccc1N1c3cccc4c3C3(c5c(cccc5-c5cccc[n+]53)O4)[n+]3cccc-2c31. The molecular weight excluding hydrogens is 478 g/mol. The molecule has 4 aromatic carbocycles. The van der Waals surface area contributed by atoms with E-state index < -0.39 is 5.66 Å². The molecule has 6 aromatic rings. The second kappa shape index (κ2) is 6.61. The molecule has 10 rings (SSSR count). The van der Waals surface area contributed by atoms with Gasteiger partial charge in [0.2, 0.25) is 5.69 Å². The molecule has 6 heterocycles.